The molecule has 2 N–H and O–H groups in total. The minimum Gasteiger partial charge on any atom is -0.326 e. The third kappa shape index (κ3) is 3.02. The second-order valence-electron chi connectivity index (χ2n) is 5.90. The Morgan fingerprint density at radius 1 is 1.05 bits per heavy atom. The molecule has 0 fully saturated rings. The van der Waals surface area contributed by atoms with Gasteiger partial charge in [-0.15, -0.1) is 0 Å². The molecule has 110 valence electrons. The van der Waals surface area contributed by atoms with Crippen LogP contribution in [0.4, 0.5) is 0 Å². The Hall–Kier alpha value is -1.64. The molecule has 0 spiro atoms. The van der Waals surface area contributed by atoms with Gasteiger partial charge in [0, 0.05) is 25.6 Å². The minimum atomic E-state index is 0.625. The third-order valence-corrected chi connectivity index (χ3v) is 4.62. The Balaban J connectivity index is 1.67. The van der Waals surface area contributed by atoms with E-state index >= 15 is 0 Å². The summed E-state index contributed by atoms with van der Waals surface area (Å²) in [6, 6.07) is 17.4. The van der Waals surface area contributed by atoms with E-state index in [1.54, 1.807) is 5.56 Å². The molecule has 1 aliphatic carbocycles. The lowest BCUT2D eigenvalue weighted by atomic mass is 9.77. The Kier molecular flexibility index (Phi) is 4.37. The van der Waals surface area contributed by atoms with E-state index in [9.17, 15) is 0 Å². The topological polar surface area (TPSA) is 29.3 Å². The van der Waals surface area contributed by atoms with Crippen LogP contribution in [0.15, 0.2) is 48.5 Å². The summed E-state index contributed by atoms with van der Waals surface area (Å²) in [5.74, 6) is 0.700. The predicted molar refractivity (Wildman–Crippen MR) is 88.2 cm³/mol. The van der Waals surface area contributed by atoms with Gasteiger partial charge in [0.25, 0.3) is 0 Å². The number of likely N-dealkylation sites (N-methyl/N-ethyl adjacent to an activating group) is 1. The van der Waals surface area contributed by atoms with Gasteiger partial charge in [-0.3, -0.25) is 4.90 Å². The molecule has 1 unspecified atom stereocenters. The maximum absolute atomic E-state index is 5.85. The molecule has 1 aliphatic rings. The molecule has 3 rings (SSSR count). The fraction of sp³-hybridized carbons (Fsp3) is 0.368. The van der Waals surface area contributed by atoms with Crippen molar-refractivity contribution in [1.82, 2.24) is 4.90 Å². The number of rotatable bonds is 6. The minimum absolute atomic E-state index is 0.625. The van der Waals surface area contributed by atoms with Gasteiger partial charge in [0.2, 0.25) is 0 Å². The first kappa shape index (κ1) is 14.3. The molecule has 1 atom stereocenters. The van der Waals surface area contributed by atoms with Gasteiger partial charge in [-0.2, -0.15) is 0 Å². The van der Waals surface area contributed by atoms with Crippen LogP contribution in [-0.2, 0) is 19.5 Å². The summed E-state index contributed by atoms with van der Waals surface area (Å²) >= 11 is 0. The van der Waals surface area contributed by atoms with E-state index < -0.39 is 0 Å². The van der Waals surface area contributed by atoms with Crippen LogP contribution in [0.3, 0.4) is 0 Å². The van der Waals surface area contributed by atoms with Crippen molar-refractivity contribution in [2.24, 2.45) is 5.73 Å². The van der Waals surface area contributed by atoms with Gasteiger partial charge in [0.05, 0.1) is 0 Å². The van der Waals surface area contributed by atoms with Gasteiger partial charge in [0.15, 0.2) is 0 Å². The summed E-state index contributed by atoms with van der Waals surface area (Å²) < 4.78 is 0. The highest BCUT2D eigenvalue weighted by molar-refractivity contribution is 5.40. The quantitative estimate of drug-likeness (QED) is 0.879. The average molecular weight is 280 g/mol. The highest BCUT2D eigenvalue weighted by Gasteiger charge is 2.26. The summed E-state index contributed by atoms with van der Waals surface area (Å²) in [7, 11) is 0. The second-order valence-corrected chi connectivity index (χ2v) is 5.90. The second kappa shape index (κ2) is 6.42. The summed E-state index contributed by atoms with van der Waals surface area (Å²) in [4.78, 5) is 2.54. The SMILES string of the molecule is CCN(Cc1ccccc1CN)CC1Cc2ccccc21. The zero-order chi connectivity index (χ0) is 14.7. The van der Waals surface area contributed by atoms with Crippen molar-refractivity contribution in [2.75, 3.05) is 13.1 Å². The molecule has 2 aromatic carbocycles. The third-order valence-electron chi connectivity index (χ3n) is 4.62. The summed E-state index contributed by atoms with van der Waals surface area (Å²) in [5, 5.41) is 0. The molecule has 0 aromatic heterocycles. The number of hydrogen-bond acceptors (Lipinski definition) is 2. The fourth-order valence-corrected chi connectivity index (χ4v) is 3.29. The first-order valence-corrected chi connectivity index (χ1v) is 7.88. The van der Waals surface area contributed by atoms with Crippen molar-refractivity contribution in [3.05, 3.63) is 70.8 Å². The van der Waals surface area contributed by atoms with E-state index in [4.69, 9.17) is 5.73 Å². The zero-order valence-corrected chi connectivity index (χ0v) is 12.8. The lowest BCUT2D eigenvalue weighted by Gasteiger charge is -2.34. The van der Waals surface area contributed by atoms with Crippen molar-refractivity contribution < 1.29 is 0 Å². The molecule has 2 heteroatoms. The maximum Gasteiger partial charge on any atom is 0.0237 e. The average Bonchev–Trinajstić information content (AvgIpc) is 2.51. The van der Waals surface area contributed by atoms with Crippen LogP contribution >= 0.6 is 0 Å². The Morgan fingerprint density at radius 2 is 1.76 bits per heavy atom. The molecule has 0 saturated heterocycles. The predicted octanol–water partition coefficient (Wildman–Crippen LogP) is 3.31. The van der Waals surface area contributed by atoms with Crippen LogP contribution in [0.5, 0.6) is 0 Å². The van der Waals surface area contributed by atoms with Crippen LogP contribution in [-0.4, -0.2) is 18.0 Å². The van der Waals surface area contributed by atoms with E-state index in [2.05, 4.69) is 60.4 Å². The number of nitrogens with zero attached hydrogens (tertiary/aromatic N) is 1. The smallest absolute Gasteiger partial charge is 0.0237 e. The normalized spacial score (nSPS) is 16.6. The first-order valence-electron chi connectivity index (χ1n) is 7.88. The maximum atomic E-state index is 5.85. The molecule has 0 saturated carbocycles. The van der Waals surface area contributed by atoms with E-state index in [-0.39, 0.29) is 0 Å². The van der Waals surface area contributed by atoms with Gasteiger partial charge >= 0.3 is 0 Å². The Morgan fingerprint density at radius 3 is 2.48 bits per heavy atom. The highest BCUT2D eigenvalue weighted by atomic mass is 15.1. The van der Waals surface area contributed by atoms with Gasteiger partial charge in [-0.1, -0.05) is 55.5 Å². The largest absolute Gasteiger partial charge is 0.326 e. The first-order chi connectivity index (χ1) is 10.3. The van der Waals surface area contributed by atoms with Gasteiger partial charge in [0.1, 0.15) is 0 Å². The van der Waals surface area contributed by atoms with Crippen molar-refractivity contribution in [2.45, 2.75) is 32.4 Å². The van der Waals surface area contributed by atoms with Crippen LogP contribution in [0.25, 0.3) is 0 Å². The molecule has 0 bridgehead atoms. The number of benzene rings is 2. The van der Waals surface area contributed by atoms with Gasteiger partial charge < -0.3 is 5.73 Å². The summed E-state index contributed by atoms with van der Waals surface area (Å²) in [5.41, 5.74) is 11.6. The van der Waals surface area contributed by atoms with Crippen molar-refractivity contribution in [3.63, 3.8) is 0 Å². The van der Waals surface area contributed by atoms with Crippen LogP contribution in [0, 0.1) is 0 Å². The van der Waals surface area contributed by atoms with Crippen LogP contribution < -0.4 is 5.73 Å². The zero-order valence-electron chi connectivity index (χ0n) is 12.8. The number of nitrogens with two attached hydrogens (primary N) is 1. The van der Waals surface area contributed by atoms with Crippen LogP contribution in [0.2, 0.25) is 0 Å². The Labute approximate surface area is 127 Å². The summed E-state index contributed by atoms with van der Waals surface area (Å²) in [6.07, 6.45) is 1.23. The molecule has 0 aliphatic heterocycles. The van der Waals surface area contributed by atoms with Crippen molar-refractivity contribution in [3.8, 4) is 0 Å². The van der Waals surface area contributed by atoms with E-state index in [0.29, 0.717) is 12.5 Å². The highest BCUT2D eigenvalue weighted by Crippen LogP contribution is 2.35. The number of fused-ring (bicyclic) bond motifs is 1. The fourth-order valence-electron chi connectivity index (χ4n) is 3.29. The monoisotopic (exact) mass is 280 g/mol. The molecular formula is C19H24N2. The van der Waals surface area contributed by atoms with Crippen molar-refractivity contribution >= 4 is 0 Å². The van der Waals surface area contributed by atoms with Crippen molar-refractivity contribution in [1.29, 1.82) is 0 Å². The van der Waals surface area contributed by atoms with Gasteiger partial charge in [-0.25, -0.2) is 0 Å². The van der Waals surface area contributed by atoms with E-state index in [1.807, 2.05) is 0 Å². The van der Waals surface area contributed by atoms with Gasteiger partial charge in [-0.05, 0) is 35.2 Å². The summed E-state index contributed by atoms with van der Waals surface area (Å²) in [6.45, 7) is 6.10. The number of hydrogen-bond donors (Lipinski definition) is 1. The molecule has 0 amide bonds. The van der Waals surface area contributed by atoms with E-state index in [1.165, 1.54) is 23.1 Å². The Bertz CT molecular complexity index is 606. The molecule has 2 nitrogen and oxygen atoms in total. The standard InChI is InChI=1S/C19H24N2/c1-2-21(13-17-9-4-3-8-16(17)12-20)14-18-11-15-7-5-6-10-19(15)18/h3-10,18H,2,11-14,20H2,1H3. The van der Waals surface area contributed by atoms with E-state index in [0.717, 1.165) is 19.6 Å². The molecule has 0 radical (unpaired) electrons. The molecular weight excluding hydrogens is 256 g/mol. The van der Waals surface area contributed by atoms with Crippen LogP contribution in [0.1, 0.15) is 35.1 Å². The molecule has 2 aromatic rings. The lowest BCUT2D eigenvalue weighted by molar-refractivity contribution is 0.251. The molecule has 21 heavy (non-hydrogen) atoms. The molecule has 0 heterocycles. The lowest BCUT2D eigenvalue weighted by Crippen LogP contribution is -2.33.